The Bertz CT molecular complexity index is 132. The van der Waals surface area contributed by atoms with Crippen LogP contribution in [0.5, 0.6) is 0 Å². The molecule has 0 heterocycles. The molecule has 1 heteroatoms. The Balaban J connectivity index is 3.68. The number of hydrogen-bond acceptors (Lipinski definition) is 1. The van der Waals surface area contributed by atoms with E-state index in [1.807, 2.05) is 13.0 Å². The first kappa shape index (κ1) is 8.02. The molecule has 0 unspecified atom stereocenters. The van der Waals surface area contributed by atoms with E-state index in [2.05, 4.69) is 6.58 Å². The molecule has 0 fully saturated rings. The van der Waals surface area contributed by atoms with Crippen molar-refractivity contribution >= 4 is 0 Å². The molecule has 0 atom stereocenters. The lowest BCUT2D eigenvalue weighted by atomic mass is 10.3. The zero-order chi connectivity index (χ0) is 7.11. The fraction of sp³-hybridized carbons (Fsp3) is 0.250. The molecule has 50 valence electrons. The molecule has 1 nitrogen and oxygen atoms in total. The van der Waals surface area contributed by atoms with Gasteiger partial charge in [0.1, 0.15) is 5.76 Å². The van der Waals surface area contributed by atoms with Gasteiger partial charge in [0.15, 0.2) is 0 Å². The van der Waals surface area contributed by atoms with Gasteiger partial charge < -0.3 is 5.11 Å². The van der Waals surface area contributed by atoms with E-state index in [9.17, 15) is 0 Å². The Labute approximate surface area is 56.0 Å². The van der Waals surface area contributed by atoms with Gasteiger partial charge in [-0.3, -0.25) is 0 Å². The minimum absolute atomic E-state index is 0.208. The van der Waals surface area contributed by atoms with Crippen molar-refractivity contribution in [1.29, 1.82) is 0 Å². The van der Waals surface area contributed by atoms with Gasteiger partial charge in [-0.2, -0.15) is 0 Å². The zero-order valence-corrected chi connectivity index (χ0v) is 5.67. The first-order valence-corrected chi connectivity index (χ1v) is 2.99. The van der Waals surface area contributed by atoms with Gasteiger partial charge in [0.05, 0.1) is 0 Å². The molecule has 0 aliphatic rings. The topological polar surface area (TPSA) is 20.2 Å². The Hall–Kier alpha value is -0.980. The lowest BCUT2D eigenvalue weighted by molar-refractivity contribution is 0.433. The van der Waals surface area contributed by atoms with Crippen LogP contribution in [0.2, 0.25) is 0 Å². The number of aliphatic hydroxyl groups is 1. The summed E-state index contributed by atoms with van der Waals surface area (Å²) in [5, 5.41) is 8.78. The molecule has 0 bridgehead atoms. The summed E-state index contributed by atoms with van der Waals surface area (Å²) in [7, 11) is 0. The van der Waals surface area contributed by atoms with Crippen molar-refractivity contribution in [3.05, 3.63) is 36.6 Å². The average molecular weight is 124 g/mol. The van der Waals surface area contributed by atoms with Gasteiger partial charge in [0.25, 0.3) is 0 Å². The third-order valence-corrected chi connectivity index (χ3v) is 0.848. The smallest absolute Gasteiger partial charge is 0.114 e. The number of aliphatic hydroxyl groups excluding tert-OH is 1. The summed E-state index contributed by atoms with van der Waals surface area (Å²) < 4.78 is 0. The summed E-state index contributed by atoms with van der Waals surface area (Å²) in [6.45, 7) is 5.42. The average Bonchev–Trinajstić information content (AvgIpc) is 1.89. The number of allylic oxidation sites excluding steroid dienone is 4. The Kier molecular flexibility index (Phi) is 4.60. The molecule has 0 aliphatic carbocycles. The maximum absolute atomic E-state index is 8.78. The van der Waals surface area contributed by atoms with Gasteiger partial charge in [0.2, 0.25) is 0 Å². The highest BCUT2D eigenvalue weighted by molar-refractivity contribution is 5.14. The molecular weight excluding hydrogens is 112 g/mol. The van der Waals surface area contributed by atoms with Gasteiger partial charge in [-0.15, -0.1) is 0 Å². The molecule has 0 saturated carbocycles. The lowest BCUT2D eigenvalue weighted by Crippen LogP contribution is -1.67. The molecule has 1 N–H and O–H groups in total. The van der Waals surface area contributed by atoms with E-state index in [4.69, 9.17) is 5.11 Å². The van der Waals surface area contributed by atoms with Crippen LogP contribution in [0.25, 0.3) is 0 Å². The van der Waals surface area contributed by atoms with Gasteiger partial charge in [-0.25, -0.2) is 0 Å². The summed E-state index contributed by atoms with van der Waals surface area (Å²) >= 11 is 0. The molecule has 0 aromatic heterocycles. The first-order chi connectivity index (χ1) is 4.31. The molecule has 9 heavy (non-hydrogen) atoms. The summed E-state index contributed by atoms with van der Waals surface area (Å²) in [4.78, 5) is 0. The fourth-order valence-electron chi connectivity index (χ4n) is 0.371. The molecule has 0 aliphatic heterocycles. The predicted octanol–water partition coefficient (Wildman–Crippen LogP) is 2.58. The van der Waals surface area contributed by atoms with Crippen LogP contribution in [0.4, 0.5) is 0 Å². The van der Waals surface area contributed by atoms with Gasteiger partial charge >= 0.3 is 0 Å². The molecule has 0 aromatic rings. The van der Waals surface area contributed by atoms with E-state index in [-0.39, 0.29) is 5.76 Å². The monoisotopic (exact) mass is 124 g/mol. The maximum atomic E-state index is 8.78. The molecule has 0 aromatic carbocycles. The molecule has 0 spiro atoms. The van der Waals surface area contributed by atoms with Crippen molar-refractivity contribution in [2.75, 3.05) is 0 Å². The van der Waals surface area contributed by atoms with Crippen LogP contribution in [0.3, 0.4) is 0 Å². The van der Waals surface area contributed by atoms with Crippen molar-refractivity contribution < 1.29 is 5.11 Å². The van der Waals surface area contributed by atoms with Crippen LogP contribution in [-0.4, -0.2) is 5.11 Å². The third-order valence-electron chi connectivity index (χ3n) is 0.848. The SMILES string of the molecule is C=C/C(O)=C\C=C/CC. The minimum Gasteiger partial charge on any atom is -0.508 e. The van der Waals surface area contributed by atoms with Crippen LogP contribution < -0.4 is 0 Å². The first-order valence-electron chi connectivity index (χ1n) is 2.99. The van der Waals surface area contributed by atoms with Gasteiger partial charge in [-0.05, 0) is 18.6 Å². The van der Waals surface area contributed by atoms with Crippen LogP contribution in [0.1, 0.15) is 13.3 Å². The maximum Gasteiger partial charge on any atom is 0.114 e. The molecular formula is C8H12O. The van der Waals surface area contributed by atoms with E-state index in [1.165, 1.54) is 6.08 Å². The Morgan fingerprint density at radius 2 is 2.33 bits per heavy atom. The Morgan fingerprint density at radius 3 is 2.78 bits per heavy atom. The second-order valence-electron chi connectivity index (χ2n) is 1.63. The second-order valence-corrected chi connectivity index (χ2v) is 1.63. The highest BCUT2D eigenvalue weighted by Crippen LogP contribution is 1.89. The van der Waals surface area contributed by atoms with Crippen molar-refractivity contribution in [3.8, 4) is 0 Å². The summed E-state index contributed by atoms with van der Waals surface area (Å²) in [5.41, 5.74) is 0. The second kappa shape index (κ2) is 5.16. The summed E-state index contributed by atoms with van der Waals surface area (Å²) in [6, 6.07) is 0. The minimum atomic E-state index is 0.208. The molecule has 0 radical (unpaired) electrons. The normalized spacial score (nSPS) is 12.3. The van der Waals surface area contributed by atoms with Crippen molar-refractivity contribution in [1.82, 2.24) is 0 Å². The standard InChI is InChI=1S/C8H12O/c1-3-5-6-7-8(9)4-2/h4-7,9H,2-3H2,1H3/b6-5-,8-7+. The van der Waals surface area contributed by atoms with Gasteiger partial charge in [-0.1, -0.05) is 25.7 Å². The van der Waals surface area contributed by atoms with Crippen molar-refractivity contribution in [2.24, 2.45) is 0 Å². The molecule has 0 saturated heterocycles. The van der Waals surface area contributed by atoms with Crippen LogP contribution in [-0.2, 0) is 0 Å². The molecule has 0 amide bonds. The lowest BCUT2D eigenvalue weighted by Gasteiger charge is -1.82. The summed E-state index contributed by atoms with van der Waals surface area (Å²) in [5.74, 6) is 0.208. The predicted molar refractivity (Wildman–Crippen MR) is 40.3 cm³/mol. The van der Waals surface area contributed by atoms with Crippen LogP contribution in [0, 0.1) is 0 Å². The largest absolute Gasteiger partial charge is 0.508 e. The van der Waals surface area contributed by atoms with E-state index in [1.54, 1.807) is 12.2 Å². The third kappa shape index (κ3) is 4.88. The fourth-order valence-corrected chi connectivity index (χ4v) is 0.371. The van der Waals surface area contributed by atoms with Crippen molar-refractivity contribution in [2.45, 2.75) is 13.3 Å². The van der Waals surface area contributed by atoms with E-state index >= 15 is 0 Å². The van der Waals surface area contributed by atoms with Crippen LogP contribution in [0.15, 0.2) is 36.6 Å². The molecule has 0 rings (SSSR count). The van der Waals surface area contributed by atoms with Gasteiger partial charge in [0, 0.05) is 0 Å². The highest BCUT2D eigenvalue weighted by Gasteiger charge is 1.74. The highest BCUT2D eigenvalue weighted by atomic mass is 16.3. The van der Waals surface area contributed by atoms with Crippen LogP contribution >= 0.6 is 0 Å². The number of hydrogen-bond donors (Lipinski definition) is 1. The summed E-state index contributed by atoms with van der Waals surface area (Å²) in [6.07, 6.45) is 7.76. The van der Waals surface area contributed by atoms with E-state index in [0.29, 0.717) is 0 Å². The van der Waals surface area contributed by atoms with E-state index in [0.717, 1.165) is 6.42 Å². The van der Waals surface area contributed by atoms with Crippen molar-refractivity contribution in [3.63, 3.8) is 0 Å². The quantitative estimate of drug-likeness (QED) is 0.453. The van der Waals surface area contributed by atoms with E-state index < -0.39 is 0 Å². The Morgan fingerprint density at radius 1 is 1.67 bits per heavy atom. The zero-order valence-electron chi connectivity index (χ0n) is 5.67. The number of rotatable bonds is 3.